The number of ether oxygens (including phenoxy) is 13. The van der Waals surface area contributed by atoms with Gasteiger partial charge < -0.3 is 61.6 Å². The lowest BCUT2D eigenvalue weighted by molar-refractivity contribution is -0.0411. The molecule has 0 amide bonds. The Kier molecular flexibility index (Phi) is 54.2. The molecule has 115 heavy (non-hydrogen) atoms. The number of methoxy groups -OCH3 is 7. The summed E-state index contributed by atoms with van der Waals surface area (Å²) in [5.41, 5.74) is 5.59. The Morgan fingerprint density at radius 3 is 0.904 bits per heavy atom. The van der Waals surface area contributed by atoms with Crippen molar-refractivity contribution in [2.75, 3.05) is 82.8 Å². The van der Waals surface area contributed by atoms with E-state index in [1.54, 1.807) is 74.0 Å². The fraction of sp³-hybridized carbons (Fsp3) is 0.633. The fourth-order valence-electron chi connectivity index (χ4n) is 12.9. The maximum atomic E-state index is 13.5. The van der Waals surface area contributed by atoms with Crippen molar-refractivity contribution in [2.45, 2.75) is 272 Å². The molecule has 0 aliphatic heterocycles. The predicted octanol–water partition coefficient (Wildman–Crippen LogP) is 27.7. The summed E-state index contributed by atoms with van der Waals surface area (Å²) >= 11 is 0. The topological polar surface area (TPSA) is 120 Å². The average Bonchev–Trinajstić information content (AvgIpc) is 1.02. The fourth-order valence-corrected chi connectivity index (χ4v) is 12.9. The quantitative estimate of drug-likeness (QED) is 0.0268. The van der Waals surface area contributed by atoms with E-state index in [1.165, 1.54) is 86.2 Å². The summed E-state index contributed by atoms with van der Waals surface area (Å²) in [4.78, 5) is 0. The molecule has 1 aliphatic carbocycles. The molecule has 1 saturated carbocycles. The largest absolute Gasteiger partial charge is 0.496 e. The van der Waals surface area contributed by atoms with Crippen molar-refractivity contribution in [2.24, 2.45) is 52.8 Å². The number of para-hydroxylation sites is 2. The highest BCUT2D eigenvalue weighted by Gasteiger charge is 2.28. The van der Waals surface area contributed by atoms with Crippen LogP contribution in [-0.4, -0.2) is 95.0 Å². The number of benzene rings is 6. The van der Waals surface area contributed by atoms with Crippen LogP contribution in [0.1, 0.15) is 293 Å². The molecule has 0 heterocycles. The van der Waals surface area contributed by atoms with Gasteiger partial charge in [-0.2, -0.15) is 0 Å². The van der Waals surface area contributed by atoms with Crippen molar-refractivity contribution in [3.63, 3.8) is 0 Å². The molecule has 0 bridgehead atoms. The van der Waals surface area contributed by atoms with Crippen LogP contribution in [-0.2, 0) is 33.2 Å². The van der Waals surface area contributed by atoms with Crippen molar-refractivity contribution in [3.8, 4) is 34.5 Å². The zero-order valence-corrected chi connectivity index (χ0v) is 75.4. The first-order chi connectivity index (χ1) is 53.9. The van der Waals surface area contributed by atoms with Gasteiger partial charge in [-0.05, 0) is 203 Å². The first-order valence-electron chi connectivity index (χ1n) is 41.8. The molecule has 0 unspecified atom stereocenters. The summed E-state index contributed by atoms with van der Waals surface area (Å²) in [7, 11) is 11.5. The summed E-state index contributed by atoms with van der Waals surface area (Å²) in [6, 6.07) is 34.7. The zero-order valence-electron chi connectivity index (χ0n) is 75.4. The van der Waals surface area contributed by atoms with Gasteiger partial charge in [0.25, 0.3) is 0 Å². The molecule has 0 N–H and O–H groups in total. The van der Waals surface area contributed by atoms with Gasteiger partial charge in [0.15, 0.2) is 0 Å². The summed E-state index contributed by atoms with van der Waals surface area (Å²) < 4.78 is 127. The molecule has 7 rings (SSSR count). The number of rotatable bonds is 40. The minimum Gasteiger partial charge on any atom is -0.496 e. The minimum absolute atomic E-state index is 0. The van der Waals surface area contributed by atoms with Gasteiger partial charge in [0, 0.05) is 53.7 Å². The van der Waals surface area contributed by atoms with Crippen molar-refractivity contribution >= 4 is 0 Å². The van der Waals surface area contributed by atoms with Gasteiger partial charge in [0.05, 0.1) is 111 Å². The second-order valence-corrected chi connectivity index (χ2v) is 34.5. The molecule has 13 nitrogen and oxygen atoms in total. The van der Waals surface area contributed by atoms with E-state index in [-0.39, 0.29) is 78.8 Å². The molecule has 0 saturated heterocycles. The highest BCUT2D eigenvalue weighted by Crippen LogP contribution is 2.40. The summed E-state index contributed by atoms with van der Waals surface area (Å²) in [6.45, 7) is 47.9. The Balaban J connectivity index is 0.000000689. The van der Waals surface area contributed by atoms with Gasteiger partial charge in [0.2, 0.25) is 0 Å². The van der Waals surface area contributed by atoms with Crippen molar-refractivity contribution < 1.29 is 79.1 Å². The normalized spacial score (nSPS) is 13.9. The first kappa shape index (κ1) is 107. The molecule has 0 spiro atoms. The Hall–Kier alpha value is -6.44. The first-order valence-corrected chi connectivity index (χ1v) is 41.8. The van der Waals surface area contributed by atoms with Gasteiger partial charge in [0.1, 0.15) is 57.8 Å². The van der Waals surface area contributed by atoms with Crippen LogP contribution in [0.25, 0.3) is 0 Å². The molecule has 6 atom stereocenters. The number of hydrogen-bond acceptors (Lipinski definition) is 13. The lowest BCUT2D eigenvalue weighted by atomic mass is 9.95. The summed E-state index contributed by atoms with van der Waals surface area (Å²) in [5, 5.41) is 0. The second kappa shape index (κ2) is 58.4. The molecule has 6 aromatic rings. The van der Waals surface area contributed by atoms with E-state index in [9.17, 15) is 17.6 Å². The van der Waals surface area contributed by atoms with E-state index in [0.29, 0.717) is 109 Å². The molecule has 6 aromatic carbocycles. The average molecular weight is 1620 g/mol. The zero-order chi connectivity index (χ0) is 85.6. The highest BCUT2D eigenvalue weighted by atomic mass is 19.1. The van der Waals surface area contributed by atoms with E-state index in [1.807, 2.05) is 30.3 Å². The third kappa shape index (κ3) is 44.3. The molecule has 1 fully saturated rings. The standard InChI is InChI=1S/C18H28O2.C17H27FO2.2C16H25FO2.C15H23FO3.C15H24O2.CH4/c1-14(2)13-18(20-15-9-5-4-6-10-15)16-11-7-8-12-17(16)19-3;1-12(2)9-16(20-11-17(3,4)5)14-10-13(18)7-8-15(14)19-6;2*1-11(2)8-16(19-10-12(3)4)14-9-13(17)6-7-15(14)18-5;1-11(2)9-15(19-8-7-17-3)13-10-12(16)5-6-14(13)18-4;1-11(2)10-15(17-12(3)4)13-8-6-7-9-14(13)16-5;/h7-8,11-12,14-15,18H,4-6,9-10,13H2,1-3H3;7-8,10,12,16H,9,11H2,1-6H3;2*6-7,9,11-12,16H,8,10H2,1-5H3;5-6,10-11,15H,7-9H2,1-4H3;6-9,11-12,15H,10H2,1-5H3;1H4/t18-;3*16-;2*15-;/m000000./s1. The van der Waals surface area contributed by atoms with E-state index in [0.717, 1.165) is 77.8 Å². The Morgan fingerprint density at radius 2 is 0.609 bits per heavy atom. The van der Waals surface area contributed by atoms with E-state index in [4.69, 9.17) is 61.6 Å². The molecule has 1 aliphatic rings. The van der Waals surface area contributed by atoms with Gasteiger partial charge >= 0.3 is 0 Å². The lowest BCUT2D eigenvalue weighted by Gasteiger charge is -2.29. The SMILES string of the molecule is C.COCCO[C@@H](CC(C)C)c1cc(F)ccc1OC.COc1ccc(F)cc1[C@H](CC(C)C)OCC(C)(C)C.COc1ccc(F)cc1[C@H](CC(C)C)OCC(C)C.COc1ccc(F)cc1[C@H](CC(C)C)OCC(C)C.COc1ccccc1[C@H](CC(C)C)OC(C)C.COc1ccccc1[C@H](CC(C)C)OC1CCCCC1. The monoisotopic (exact) mass is 1620 g/mol. The number of halogens is 4. The van der Waals surface area contributed by atoms with E-state index < -0.39 is 0 Å². The van der Waals surface area contributed by atoms with Crippen LogP contribution in [0.5, 0.6) is 34.5 Å². The van der Waals surface area contributed by atoms with Crippen LogP contribution in [0, 0.1) is 76.0 Å². The third-order valence-corrected chi connectivity index (χ3v) is 18.2. The summed E-state index contributed by atoms with van der Waals surface area (Å²) in [6.07, 6.45) is 12.2. The van der Waals surface area contributed by atoms with E-state index >= 15 is 0 Å². The maximum Gasteiger partial charge on any atom is 0.124 e. The van der Waals surface area contributed by atoms with Crippen molar-refractivity contribution in [1.29, 1.82) is 0 Å². The molecule has 17 heteroatoms. The van der Waals surface area contributed by atoms with Gasteiger partial charge in [-0.25, -0.2) is 17.6 Å². The van der Waals surface area contributed by atoms with Crippen LogP contribution >= 0.6 is 0 Å². The van der Waals surface area contributed by atoms with Crippen LogP contribution in [0.4, 0.5) is 17.6 Å². The van der Waals surface area contributed by atoms with Crippen LogP contribution in [0.3, 0.4) is 0 Å². The number of hydrogen-bond donors (Lipinski definition) is 0. The third-order valence-electron chi connectivity index (χ3n) is 18.2. The Labute approximate surface area is 696 Å². The maximum absolute atomic E-state index is 13.5. The molecular formula is C98H156F4O13. The van der Waals surface area contributed by atoms with Crippen molar-refractivity contribution in [1.82, 2.24) is 0 Å². The lowest BCUT2D eigenvalue weighted by Crippen LogP contribution is -2.21. The Morgan fingerprint density at radius 1 is 0.322 bits per heavy atom. The Bertz CT molecular complexity index is 3390. The van der Waals surface area contributed by atoms with Gasteiger partial charge in [-0.1, -0.05) is 195 Å². The van der Waals surface area contributed by atoms with Gasteiger partial charge in [-0.3, -0.25) is 0 Å². The van der Waals surface area contributed by atoms with E-state index in [2.05, 4.69) is 164 Å². The van der Waals surface area contributed by atoms with Crippen LogP contribution < -0.4 is 28.4 Å². The highest BCUT2D eigenvalue weighted by molar-refractivity contribution is 5.40. The molecular weight excluding hydrogens is 1460 g/mol. The van der Waals surface area contributed by atoms with Crippen molar-refractivity contribution in [3.05, 3.63) is 178 Å². The van der Waals surface area contributed by atoms with Gasteiger partial charge in [-0.15, -0.1) is 0 Å². The summed E-state index contributed by atoms with van der Waals surface area (Å²) in [5.74, 6) is 7.54. The second-order valence-electron chi connectivity index (χ2n) is 34.5. The predicted molar refractivity (Wildman–Crippen MR) is 467 cm³/mol. The smallest absolute Gasteiger partial charge is 0.124 e. The van der Waals surface area contributed by atoms with Crippen LogP contribution in [0.15, 0.2) is 121 Å². The molecule has 0 radical (unpaired) electrons. The molecule has 0 aromatic heterocycles. The van der Waals surface area contributed by atoms with Crippen LogP contribution in [0.2, 0.25) is 0 Å². The minimum atomic E-state index is -0.278. The molecule has 654 valence electrons.